The molecular formula is C16H24FNO2. The highest BCUT2D eigenvalue weighted by Crippen LogP contribution is 2.37. The molecule has 2 rings (SSSR count). The second kappa shape index (κ2) is 6.55. The first-order chi connectivity index (χ1) is 9.65. The molecule has 1 saturated carbocycles. The van der Waals surface area contributed by atoms with Gasteiger partial charge in [0.1, 0.15) is 0 Å². The maximum absolute atomic E-state index is 13.8. The van der Waals surface area contributed by atoms with Crippen molar-refractivity contribution < 1.29 is 13.9 Å². The number of ether oxygens (including phenoxy) is 2. The highest BCUT2D eigenvalue weighted by Gasteiger charge is 2.40. The molecule has 0 radical (unpaired) electrons. The Morgan fingerprint density at radius 2 is 2.00 bits per heavy atom. The first kappa shape index (κ1) is 15.3. The fourth-order valence-corrected chi connectivity index (χ4v) is 3.29. The van der Waals surface area contributed by atoms with Crippen LogP contribution in [0.5, 0.6) is 5.75 Å². The molecule has 0 aliphatic heterocycles. The molecule has 0 saturated heterocycles. The van der Waals surface area contributed by atoms with Gasteiger partial charge in [0.25, 0.3) is 0 Å². The minimum Gasteiger partial charge on any atom is -0.494 e. The summed E-state index contributed by atoms with van der Waals surface area (Å²) < 4.78 is 24.6. The van der Waals surface area contributed by atoms with E-state index in [-0.39, 0.29) is 23.2 Å². The van der Waals surface area contributed by atoms with Crippen molar-refractivity contribution in [3.63, 3.8) is 0 Å². The summed E-state index contributed by atoms with van der Waals surface area (Å²) in [4.78, 5) is 0. The SMILES string of the molecule is CNC(Cc1ccc(OC)c(F)c1)C1(OC)CCCC1. The van der Waals surface area contributed by atoms with Crippen LogP contribution in [0, 0.1) is 5.82 Å². The molecule has 0 aromatic heterocycles. The molecule has 0 heterocycles. The van der Waals surface area contributed by atoms with Crippen LogP contribution in [0.25, 0.3) is 0 Å². The zero-order chi connectivity index (χ0) is 14.6. The topological polar surface area (TPSA) is 30.5 Å². The van der Waals surface area contributed by atoms with Gasteiger partial charge in [-0.25, -0.2) is 4.39 Å². The third-order valence-electron chi connectivity index (χ3n) is 4.50. The van der Waals surface area contributed by atoms with Crippen LogP contribution in [0.3, 0.4) is 0 Å². The number of hydrogen-bond acceptors (Lipinski definition) is 3. The van der Waals surface area contributed by atoms with Crippen molar-refractivity contribution in [2.75, 3.05) is 21.3 Å². The molecule has 0 amide bonds. The summed E-state index contributed by atoms with van der Waals surface area (Å²) in [5.41, 5.74) is 0.844. The van der Waals surface area contributed by atoms with Gasteiger partial charge in [0, 0.05) is 13.2 Å². The lowest BCUT2D eigenvalue weighted by molar-refractivity contribution is -0.0336. The van der Waals surface area contributed by atoms with Crippen LogP contribution >= 0.6 is 0 Å². The minimum atomic E-state index is -0.308. The average Bonchev–Trinajstić information content (AvgIpc) is 2.95. The van der Waals surface area contributed by atoms with Crippen molar-refractivity contribution >= 4 is 0 Å². The van der Waals surface area contributed by atoms with Gasteiger partial charge in [-0.15, -0.1) is 0 Å². The fraction of sp³-hybridized carbons (Fsp3) is 0.625. The maximum atomic E-state index is 13.8. The predicted molar refractivity (Wildman–Crippen MR) is 77.7 cm³/mol. The van der Waals surface area contributed by atoms with Gasteiger partial charge in [0.05, 0.1) is 12.7 Å². The summed E-state index contributed by atoms with van der Waals surface area (Å²) in [6.07, 6.45) is 5.28. The summed E-state index contributed by atoms with van der Waals surface area (Å²) in [5, 5.41) is 3.35. The lowest BCUT2D eigenvalue weighted by Gasteiger charge is -2.36. The van der Waals surface area contributed by atoms with E-state index in [1.165, 1.54) is 20.0 Å². The van der Waals surface area contributed by atoms with Crippen LogP contribution in [-0.2, 0) is 11.2 Å². The molecule has 1 fully saturated rings. The van der Waals surface area contributed by atoms with E-state index in [2.05, 4.69) is 5.32 Å². The highest BCUT2D eigenvalue weighted by atomic mass is 19.1. The average molecular weight is 281 g/mol. The predicted octanol–water partition coefficient (Wildman–Crippen LogP) is 2.92. The first-order valence-corrected chi connectivity index (χ1v) is 7.20. The normalized spacial score (nSPS) is 19.0. The van der Waals surface area contributed by atoms with Crippen LogP contribution in [0.4, 0.5) is 4.39 Å². The lowest BCUT2D eigenvalue weighted by atomic mass is 9.87. The molecule has 1 aromatic carbocycles. The Kier molecular flexibility index (Phi) is 5.00. The number of halogens is 1. The van der Waals surface area contributed by atoms with Gasteiger partial charge in [-0.05, 0) is 44.0 Å². The van der Waals surface area contributed by atoms with E-state index in [0.717, 1.165) is 24.8 Å². The van der Waals surface area contributed by atoms with Crippen LogP contribution < -0.4 is 10.1 Å². The zero-order valence-corrected chi connectivity index (χ0v) is 12.5. The first-order valence-electron chi connectivity index (χ1n) is 7.20. The summed E-state index contributed by atoms with van der Waals surface area (Å²) in [5.74, 6) is -0.0187. The molecule has 112 valence electrons. The van der Waals surface area contributed by atoms with Crippen molar-refractivity contribution in [3.05, 3.63) is 29.6 Å². The van der Waals surface area contributed by atoms with Crippen molar-refractivity contribution in [2.45, 2.75) is 43.7 Å². The third-order valence-corrected chi connectivity index (χ3v) is 4.50. The Morgan fingerprint density at radius 3 is 2.50 bits per heavy atom. The molecule has 1 aliphatic carbocycles. The summed E-state index contributed by atoms with van der Waals surface area (Å²) in [6.45, 7) is 0. The third kappa shape index (κ3) is 2.96. The quantitative estimate of drug-likeness (QED) is 0.869. The fourth-order valence-electron chi connectivity index (χ4n) is 3.29. The van der Waals surface area contributed by atoms with Gasteiger partial charge in [-0.3, -0.25) is 0 Å². The largest absolute Gasteiger partial charge is 0.494 e. The molecule has 0 spiro atoms. The number of nitrogens with one attached hydrogen (secondary N) is 1. The van der Waals surface area contributed by atoms with Crippen molar-refractivity contribution in [1.29, 1.82) is 0 Å². The van der Waals surface area contributed by atoms with E-state index in [0.29, 0.717) is 0 Å². The van der Waals surface area contributed by atoms with Gasteiger partial charge in [0.15, 0.2) is 11.6 Å². The van der Waals surface area contributed by atoms with Crippen molar-refractivity contribution in [3.8, 4) is 5.75 Å². The molecule has 20 heavy (non-hydrogen) atoms. The minimum absolute atomic E-state index is 0.120. The summed E-state index contributed by atoms with van der Waals surface area (Å²) in [7, 11) is 5.21. The molecular weight excluding hydrogens is 257 g/mol. The summed E-state index contributed by atoms with van der Waals surface area (Å²) in [6, 6.07) is 5.36. The maximum Gasteiger partial charge on any atom is 0.165 e. The highest BCUT2D eigenvalue weighted by molar-refractivity contribution is 5.30. The van der Waals surface area contributed by atoms with Crippen LogP contribution in [0.1, 0.15) is 31.2 Å². The van der Waals surface area contributed by atoms with Crippen LogP contribution in [-0.4, -0.2) is 32.9 Å². The Labute approximate surface area is 120 Å². The van der Waals surface area contributed by atoms with E-state index in [9.17, 15) is 4.39 Å². The van der Waals surface area contributed by atoms with Gasteiger partial charge in [-0.2, -0.15) is 0 Å². The standard InChI is InChI=1S/C16H24FNO2/c1-18-15(16(20-3)8-4-5-9-16)11-12-6-7-14(19-2)13(17)10-12/h6-7,10,15,18H,4-5,8-9,11H2,1-3H3. The Bertz CT molecular complexity index is 444. The number of likely N-dealkylation sites (N-methyl/N-ethyl adjacent to an activating group) is 1. The summed E-state index contributed by atoms with van der Waals surface area (Å²) >= 11 is 0. The number of methoxy groups -OCH3 is 2. The molecule has 1 N–H and O–H groups in total. The molecule has 1 atom stereocenters. The Balaban J connectivity index is 2.15. The molecule has 1 aromatic rings. The molecule has 0 bridgehead atoms. The monoisotopic (exact) mass is 281 g/mol. The van der Waals surface area contributed by atoms with Crippen molar-refractivity contribution in [1.82, 2.24) is 5.32 Å². The molecule has 4 heteroatoms. The Morgan fingerprint density at radius 1 is 1.30 bits per heavy atom. The Hall–Kier alpha value is -1.13. The van der Waals surface area contributed by atoms with E-state index in [4.69, 9.17) is 9.47 Å². The lowest BCUT2D eigenvalue weighted by Crippen LogP contribution is -2.50. The molecule has 1 aliphatic rings. The zero-order valence-electron chi connectivity index (χ0n) is 12.5. The second-order valence-corrected chi connectivity index (χ2v) is 5.49. The van der Waals surface area contributed by atoms with E-state index < -0.39 is 0 Å². The second-order valence-electron chi connectivity index (χ2n) is 5.49. The van der Waals surface area contributed by atoms with Crippen LogP contribution in [0.2, 0.25) is 0 Å². The van der Waals surface area contributed by atoms with E-state index in [1.807, 2.05) is 13.1 Å². The molecule has 3 nitrogen and oxygen atoms in total. The van der Waals surface area contributed by atoms with E-state index in [1.54, 1.807) is 19.2 Å². The molecule has 1 unspecified atom stereocenters. The van der Waals surface area contributed by atoms with Gasteiger partial charge in [-0.1, -0.05) is 18.9 Å². The smallest absolute Gasteiger partial charge is 0.165 e. The number of hydrogen-bond donors (Lipinski definition) is 1. The van der Waals surface area contributed by atoms with Gasteiger partial charge >= 0.3 is 0 Å². The number of rotatable bonds is 6. The van der Waals surface area contributed by atoms with Gasteiger partial charge < -0.3 is 14.8 Å². The van der Waals surface area contributed by atoms with Gasteiger partial charge in [0.2, 0.25) is 0 Å². The van der Waals surface area contributed by atoms with Crippen LogP contribution in [0.15, 0.2) is 18.2 Å². The van der Waals surface area contributed by atoms with Crippen molar-refractivity contribution in [2.24, 2.45) is 0 Å². The van der Waals surface area contributed by atoms with E-state index >= 15 is 0 Å². The number of benzene rings is 1.